The van der Waals surface area contributed by atoms with E-state index in [1.165, 1.54) is 11.3 Å². The number of hydrogen-bond acceptors (Lipinski definition) is 6. The summed E-state index contributed by atoms with van der Waals surface area (Å²) in [5.74, 6) is 1.73. The van der Waals surface area contributed by atoms with Gasteiger partial charge < -0.3 is 14.5 Å². The Hall–Kier alpha value is -4.95. The molecule has 0 radical (unpaired) electrons. The van der Waals surface area contributed by atoms with Crippen LogP contribution in [0.2, 0.25) is 0 Å². The Morgan fingerprint density at radius 1 is 0.872 bits per heavy atom. The molecule has 3 aromatic heterocycles. The summed E-state index contributed by atoms with van der Waals surface area (Å²) in [4.78, 5) is 21.5. The van der Waals surface area contributed by atoms with Gasteiger partial charge >= 0.3 is 0 Å². The number of nitrogens with one attached hydrogen (secondary N) is 1. The van der Waals surface area contributed by atoms with Gasteiger partial charge in [0.05, 0.1) is 25.3 Å². The third-order valence-electron chi connectivity index (χ3n) is 6.39. The number of hydrogen-bond donors (Lipinski definition) is 1. The minimum absolute atomic E-state index is 0.167. The summed E-state index contributed by atoms with van der Waals surface area (Å²) in [6.45, 7) is 0. The molecule has 8 heteroatoms. The van der Waals surface area contributed by atoms with Crippen molar-refractivity contribution in [3.8, 4) is 39.6 Å². The van der Waals surface area contributed by atoms with Crippen LogP contribution in [0.5, 0.6) is 11.5 Å². The summed E-state index contributed by atoms with van der Waals surface area (Å²) in [5, 5.41) is 7.46. The minimum Gasteiger partial charge on any atom is -0.493 e. The van der Waals surface area contributed by atoms with Crippen LogP contribution < -0.4 is 15.0 Å². The number of nitrogens with zero attached hydrogens (tertiary/aromatic N) is 3. The maximum atomic E-state index is 13.1. The second-order valence-corrected chi connectivity index (χ2v) is 9.62. The van der Waals surface area contributed by atoms with Crippen molar-refractivity contribution in [2.75, 3.05) is 14.2 Å². The summed E-state index contributed by atoms with van der Waals surface area (Å²) >= 11 is 1.46. The quantitative estimate of drug-likeness (QED) is 0.248. The molecule has 0 aliphatic carbocycles. The molecule has 3 heterocycles. The third kappa shape index (κ3) is 4.73. The molecule has 0 spiro atoms. The molecule has 0 fully saturated rings. The number of benzene rings is 3. The lowest BCUT2D eigenvalue weighted by atomic mass is 10.1. The normalized spacial score (nSPS) is 11.3. The topological polar surface area (TPSA) is 82.0 Å². The molecular formula is C31H24N4O3S. The second kappa shape index (κ2) is 10.4. The Morgan fingerprint density at radius 3 is 2.36 bits per heavy atom. The van der Waals surface area contributed by atoms with E-state index in [-0.39, 0.29) is 5.56 Å². The number of rotatable bonds is 7. The van der Waals surface area contributed by atoms with Crippen molar-refractivity contribution in [3.05, 3.63) is 112 Å². The van der Waals surface area contributed by atoms with E-state index in [0.29, 0.717) is 27.5 Å². The van der Waals surface area contributed by atoms with E-state index in [1.54, 1.807) is 20.3 Å². The molecule has 0 aliphatic rings. The lowest BCUT2D eigenvalue weighted by molar-refractivity contribution is 0.355. The highest BCUT2D eigenvalue weighted by Crippen LogP contribution is 2.34. The highest BCUT2D eigenvalue weighted by Gasteiger charge is 2.15. The Balaban J connectivity index is 1.42. The fourth-order valence-corrected chi connectivity index (χ4v) is 5.43. The molecule has 0 unspecified atom stereocenters. The van der Waals surface area contributed by atoms with E-state index < -0.39 is 0 Å². The molecule has 6 aromatic rings. The summed E-state index contributed by atoms with van der Waals surface area (Å²) in [6.07, 6.45) is 5.67. The molecule has 39 heavy (non-hydrogen) atoms. The molecule has 0 bridgehead atoms. The van der Waals surface area contributed by atoms with E-state index in [2.05, 4.69) is 4.98 Å². The Labute approximate surface area is 228 Å². The maximum Gasteiger partial charge on any atom is 0.260 e. The van der Waals surface area contributed by atoms with Crippen molar-refractivity contribution in [1.29, 1.82) is 0 Å². The SMILES string of the molecule is COc1ccc(-c2nn(-c3ccccc3)cc2C=Cc2nc3scc(-c4ccccc4)c3c(=O)[nH]2)cc1OC. The van der Waals surface area contributed by atoms with Crippen LogP contribution in [0.25, 0.3) is 50.4 Å². The van der Waals surface area contributed by atoms with Crippen LogP contribution in [0.3, 0.4) is 0 Å². The zero-order chi connectivity index (χ0) is 26.8. The molecule has 0 saturated carbocycles. The molecule has 0 saturated heterocycles. The van der Waals surface area contributed by atoms with Gasteiger partial charge in [-0.25, -0.2) is 9.67 Å². The minimum atomic E-state index is -0.167. The van der Waals surface area contributed by atoms with Crippen molar-refractivity contribution in [3.63, 3.8) is 0 Å². The van der Waals surface area contributed by atoms with Crippen molar-refractivity contribution in [2.24, 2.45) is 0 Å². The van der Waals surface area contributed by atoms with E-state index in [9.17, 15) is 4.79 Å². The van der Waals surface area contributed by atoms with Gasteiger partial charge in [-0.3, -0.25) is 4.79 Å². The molecule has 0 aliphatic heterocycles. The van der Waals surface area contributed by atoms with Crippen LogP contribution in [0.15, 0.2) is 95.2 Å². The van der Waals surface area contributed by atoms with Crippen LogP contribution in [-0.4, -0.2) is 34.0 Å². The summed E-state index contributed by atoms with van der Waals surface area (Å²) in [7, 11) is 3.22. The van der Waals surface area contributed by atoms with E-state index in [0.717, 1.165) is 33.6 Å². The molecule has 7 nitrogen and oxygen atoms in total. The predicted octanol–water partition coefficient (Wildman–Crippen LogP) is 6.69. The number of aromatic amines is 1. The number of aromatic nitrogens is 4. The zero-order valence-corrected chi connectivity index (χ0v) is 22.1. The van der Waals surface area contributed by atoms with E-state index in [4.69, 9.17) is 19.6 Å². The summed E-state index contributed by atoms with van der Waals surface area (Å²) < 4.78 is 12.8. The monoisotopic (exact) mass is 532 g/mol. The van der Waals surface area contributed by atoms with Gasteiger partial charge in [0.1, 0.15) is 16.3 Å². The third-order valence-corrected chi connectivity index (χ3v) is 7.26. The Kier molecular flexibility index (Phi) is 6.52. The van der Waals surface area contributed by atoms with Crippen molar-refractivity contribution in [2.45, 2.75) is 0 Å². The van der Waals surface area contributed by atoms with Gasteiger partial charge in [0.25, 0.3) is 5.56 Å². The molecule has 192 valence electrons. The first-order chi connectivity index (χ1) is 19.1. The summed E-state index contributed by atoms with van der Waals surface area (Å²) in [5.41, 5.74) is 5.11. The van der Waals surface area contributed by atoms with Gasteiger partial charge in [-0.05, 0) is 48.0 Å². The molecule has 3 aromatic carbocycles. The average molecular weight is 533 g/mol. The van der Waals surface area contributed by atoms with Crippen LogP contribution in [-0.2, 0) is 0 Å². The smallest absolute Gasteiger partial charge is 0.260 e. The standard InChI is InChI=1S/C31H24N4O3S/c1-37-25-15-13-21(17-26(25)38-2)29-22(18-35(34-29)23-11-7-4-8-12-23)14-16-27-32-30(36)28-24(19-39-31(28)33-27)20-9-5-3-6-10-20/h3-19H,1-2H3,(H,32,33,36). The largest absolute Gasteiger partial charge is 0.493 e. The first kappa shape index (κ1) is 24.4. The number of H-pyrrole nitrogens is 1. The Morgan fingerprint density at radius 2 is 1.62 bits per heavy atom. The van der Waals surface area contributed by atoms with Crippen LogP contribution in [0, 0.1) is 0 Å². The molecular weight excluding hydrogens is 508 g/mol. The van der Waals surface area contributed by atoms with Crippen molar-refractivity contribution < 1.29 is 9.47 Å². The van der Waals surface area contributed by atoms with Gasteiger partial charge in [-0.1, -0.05) is 48.5 Å². The van der Waals surface area contributed by atoms with Gasteiger partial charge in [-0.15, -0.1) is 11.3 Å². The second-order valence-electron chi connectivity index (χ2n) is 8.76. The number of thiophene rings is 1. The first-order valence-electron chi connectivity index (χ1n) is 12.3. The van der Waals surface area contributed by atoms with Crippen LogP contribution >= 0.6 is 11.3 Å². The maximum absolute atomic E-state index is 13.1. The van der Waals surface area contributed by atoms with Gasteiger partial charge in [0.2, 0.25) is 0 Å². The number of para-hydroxylation sites is 1. The van der Waals surface area contributed by atoms with Gasteiger partial charge in [0, 0.05) is 28.3 Å². The van der Waals surface area contributed by atoms with Crippen molar-refractivity contribution in [1.82, 2.24) is 19.7 Å². The highest BCUT2D eigenvalue weighted by molar-refractivity contribution is 7.17. The molecule has 1 N–H and O–H groups in total. The lowest BCUT2D eigenvalue weighted by Gasteiger charge is -2.09. The predicted molar refractivity (Wildman–Crippen MR) is 157 cm³/mol. The van der Waals surface area contributed by atoms with E-state index in [1.807, 2.05) is 101 Å². The molecule has 0 atom stereocenters. The van der Waals surface area contributed by atoms with E-state index >= 15 is 0 Å². The van der Waals surface area contributed by atoms with Crippen LogP contribution in [0.1, 0.15) is 11.4 Å². The number of ether oxygens (including phenoxy) is 2. The average Bonchev–Trinajstić information content (AvgIpc) is 3.62. The number of fused-ring (bicyclic) bond motifs is 1. The summed E-state index contributed by atoms with van der Waals surface area (Å²) in [6, 6.07) is 25.5. The Bertz CT molecular complexity index is 1850. The first-order valence-corrected chi connectivity index (χ1v) is 13.1. The number of methoxy groups -OCH3 is 2. The highest BCUT2D eigenvalue weighted by atomic mass is 32.1. The fraction of sp³-hybridized carbons (Fsp3) is 0.0645. The van der Waals surface area contributed by atoms with Gasteiger partial charge in [-0.2, -0.15) is 5.10 Å². The lowest BCUT2D eigenvalue weighted by Crippen LogP contribution is -2.09. The van der Waals surface area contributed by atoms with Crippen LogP contribution in [0.4, 0.5) is 0 Å². The zero-order valence-electron chi connectivity index (χ0n) is 21.3. The van der Waals surface area contributed by atoms with Gasteiger partial charge in [0.15, 0.2) is 11.5 Å². The molecule has 0 amide bonds. The molecule has 6 rings (SSSR count). The fourth-order valence-electron chi connectivity index (χ4n) is 4.47. The van der Waals surface area contributed by atoms with Crippen molar-refractivity contribution >= 4 is 33.7 Å².